The molecule has 0 amide bonds. The number of hydrazine groups is 1. The third-order valence-corrected chi connectivity index (χ3v) is 3.33. The predicted molar refractivity (Wildman–Crippen MR) is 74.4 cm³/mol. The molecule has 0 saturated carbocycles. The summed E-state index contributed by atoms with van der Waals surface area (Å²) < 4.78 is 26.8. The van der Waals surface area contributed by atoms with Crippen LogP contribution in [-0.2, 0) is 6.42 Å². The van der Waals surface area contributed by atoms with E-state index in [0.717, 1.165) is 6.07 Å². The Bertz CT molecular complexity index is 623. The Morgan fingerprint density at radius 2 is 2.05 bits per heavy atom. The maximum Gasteiger partial charge on any atom is 0.162 e. The van der Waals surface area contributed by atoms with E-state index in [1.54, 1.807) is 0 Å². The van der Waals surface area contributed by atoms with Crippen molar-refractivity contribution in [1.29, 1.82) is 0 Å². The second-order valence-electron chi connectivity index (χ2n) is 4.16. The highest BCUT2D eigenvalue weighted by Crippen LogP contribution is 2.26. The summed E-state index contributed by atoms with van der Waals surface area (Å²) in [7, 11) is 0. The van der Waals surface area contributed by atoms with Gasteiger partial charge < -0.3 is 0 Å². The minimum atomic E-state index is -0.909. The first kappa shape index (κ1) is 15.1. The third-order valence-electron chi connectivity index (χ3n) is 2.82. The Kier molecular flexibility index (Phi) is 4.88. The fourth-order valence-corrected chi connectivity index (χ4v) is 2.35. The second kappa shape index (κ2) is 6.45. The monoisotopic (exact) mass is 317 g/mol. The number of halogens is 4. The lowest BCUT2D eigenvalue weighted by Gasteiger charge is -2.17. The molecule has 3 nitrogen and oxygen atoms in total. The van der Waals surface area contributed by atoms with Crippen LogP contribution in [0.5, 0.6) is 0 Å². The van der Waals surface area contributed by atoms with Gasteiger partial charge in [0, 0.05) is 6.20 Å². The number of benzene rings is 1. The van der Waals surface area contributed by atoms with Crippen molar-refractivity contribution in [3.8, 4) is 0 Å². The lowest BCUT2D eigenvalue weighted by Crippen LogP contribution is -2.30. The molecule has 0 spiro atoms. The van der Waals surface area contributed by atoms with Gasteiger partial charge in [0.05, 0.1) is 21.8 Å². The van der Waals surface area contributed by atoms with Crippen LogP contribution in [-0.4, -0.2) is 4.98 Å². The van der Waals surface area contributed by atoms with E-state index in [-0.39, 0.29) is 12.0 Å². The Labute approximate surface area is 124 Å². The van der Waals surface area contributed by atoms with Crippen molar-refractivity contribution in [2.24, 2.45) is 5.84 Å². The number of hydrogen-bond donors (Lipinski definition) is 2. The van der Waals surface area contributed by atoms with Crippen molar-refractivity contribution in [3.63, 3.8) is 0 Å². The van der Waals surface area contributed by atoms with Gasteiger partial charge >= 0.3 is 0 Å². The molecule has 20 heavy (non-hydrogen) atoms. The van der Waals surface area contributed by atoms with Gasteiger partial charge in [0.2, 0.25) is 0 Å². The maximum absolute atomic E-state index is 13.7. The van der Waals surface area contributed by atoms with Crippen LogP contribution in [0.15, 0.2) is 30.5 Å². The molecule has 1 unspecified atom stereocenters. The fourth-order valence-electron chi connectivity index (χ4n) is 1.84. The zero-order valence-electron chi connectivity index (χ0n) is 10.2. The third kappa shape index (κ3) is 3.24. The van der Waals surface area contributed by atoms with Crippen molar-refractivity contribution in [3.05, 3.63) is 63.4 Å². The van der Waals surface area contributed by atoms with Crippen molar-refractivity contribution in [1.82, 2.24) is 10.4 Å². The van der Waals surface area contributed by atoms with Crippen LogP contribution in [0.1, 0.15) is 17.3 Å². The van der Waals surface area contributed by atoms with E-state index in [2.05, 4.69) is 10.4 Å². The summed E-state index contributed by atoms with van der Waals surface area (Å²) in [5, 5.41) is 0.684. The molecule has 1 heterocycles. The predicted octanol–water partition coefficient (Wildman–Crippen LogP) is 3.41. The zero-order chi connectivity index (χ0) is 14.7. The average Bonchev–Trinajstić information content (AvgIpc) is 2.41. The molecule has 7 heteroatoms. The number of rotatable bonds is 4. The molecule has 2 rings (SSSR count). The molecule has 1 aromatic carbocycles. The molecule has 0 aliphatic heterocycles. The fraction of sp³-hybridized carbons (Fsp3) is 0.154. The molecule has 106 valence electrons. The molecule has 0 aliphatic carbocycles. The minimum Gasteiger partial charge on any atom is -0.271 e. The van der Waals surface area contributed by atoms with Crippen LogP contribution >= 0.6 is 23.2 Å². The molecular weight excluding hydrogens is 307 g/mol. The standard InChI is InChI=1S/C13H11Cl2F2N3/c14-8-5-9(15)13(19-6-8)11(20-18)4-7-2-1-3-10(16)12(7)17/h1-3,5-6,11,20H,4,18H2. The number of hydrogen-bond acceptors (Lipinski definition) is 3. The van der Waals surface area contributed by atoms with Crippen LogP contribution in [0.2, 0.25) is 10.0 Å². The first-order valence-corrected chi connectivity index (χ1v) is 6.48. The van der Waals surface area contributed by atoms with Crippen molar-refractivity contribution in [2.75, 3.05) is 0 Å². The molecule has 0 fully saturated rings. The first-order chi connectivity index (χ1) is 9.52. The smallest absolute Gasteiger partial charge is 0.162 e. The lowest BCUT2D eigenvalue weighted by molar-refractivity contribution is 0.478. The van der Waals surface area contributed by atoms with E-state index in [1.165, 1.54) is 24.4 Å². The van der Waals surface area contributed by atoms with Crippen molar-refractivity contribution >= 4 is 23.2 Å². The summed E-state index contributed by atoms with van der Waals surface area (Å²) in [6.45, 7) is 0. The molecule has 2 aromatic rings. The number of nitrogens with two attached hydrogens (primary N) is 1. The molecule has 0 bridgehead atoms. The van der Waals surface area contributed by atoms with E-state index in [9.17, 15) is 8.78 Å². The van der Waals surface area contributed by atoms with Crippen LogP contribution < -0.4 is 11.3 Å². The highest BCUT2D eigenvalue weighted by molar-refractivity contribution is 6.34. The topological polar surface area (TPSA) is 50.9 Å². The largest absolute Gasteiger partial charge is 0.271 e. The van der Waals surface area contributed by atoms with Crippen LogP contribution in [0.4, 0.5) is 8.78 Å². The Hall–Kier alpha value is -1.27. The van der Waals surface area contributed by atoms with Crippen molar-refractivity contribution in [2.45, 2.75) is 12.5 Å². The number of aromatic nitrogens is 1. The van der Waals surface area contributed by atoms with Crippen LogP contribution in [0.25, 0.3) is 0 Å². The Balaban J connectivity index is 2.31. The average molecular weight is 318 g/mol. The van der Waals surface area contributed by atoms with E-state index in [1.807, 2.05) is 0 Å². The SMILES string of the molecule is NNC(Cc1cccc(F)c1F)c1ncc(Cl)cc1Cl. The highest BCUT2D eigenvalue weighted by atomic mass is 35.5. The molecule has 0 radical (unpaired) electrons. The summed E-state index contributed by atoms with van der Waals surface area (Å²) in [5.41, 5.74) is 3.09. The second-order valence-corrected chi connectivity index (χ2v) is 5.00. The normalized spacial score (nSPS) is 12.4. The molecular formula is C13H11Cl2F2N3. The molecule has 3 N–H and O–H groups in total. The van der Waals surface area contributed by atoms with E-state index in [4.69, 9.17) is 29.0 Å². The highest BCUT2D eigenvalue weighted by Gasteiger charge is 2.19. The quantitative estimate of drug-likeness (QED) is 0.671. The molecule has 1 aromatic heterocycles. The van der Waals surface area contributed by atoms with Gasteiger partial charge in [-0.05, 0) is 24.1 Å². The van der Waals surface area contributed by atoms with Gasteiger partial charge in [0.1, 0.15) is 0 Å². The Morgan fingerprint density at radius 1 is 1.30 bits per heavy atom. The first-order valence-electron chi connectivity index (χ1n) is 5.73. The summed E-state index contributed by atoms with van der Waals surface area (Å²) in [6.07, 6.45) is 1.52. The van der Waals surface area contributed by atoms with Gasteiger partial charge in [-0.2, -0.15) is 0 Å². The van der Waals surface area contributed by atoms with Gasteiger partial charge in [0.25, 0.3) is 0 Å². The molecule has 0 saturated heterocycles. The minimum absolute atomic E-state index is 0.106. The summed E-state index contributed by atoms with van der Waals surface area (Å²) in [4.78, 5) is 4.07. The lowest BCUT2D eigenvalue weighted by atomic mass is 10.0. The van der Waals surface area contributed by atoms with Crippen molar-refractivity contribution < 1.29 is 8.78 Å². The van der Waals surface area contributed by atoms with Gasteiger partial charge in [-0.25, -0.2) is 8.78 Å². The van der Waals surface area contributed by atoms with Gasteiger partial charge in [-0.1, -0.05) is 35.3 Å². The number of nitrogens with zero attached hydrogens (tertiary/aromatic N) is 1. The van der Waals surface area contributed by atoms with Gasteiger partial charge in [-0.15, -0.1) is 0 Å². The van der Waals surface area contributed by atoms with Crippen LogP contribution in [0.3, 0.4) is 0 Å². The van der Waals surface area contributed by atoms with E-state index in [0.29, 0.717) is 15.7 Å². The van der Waals surface area contributed by atoms with E-state index >= 15 is 0 Å². The molecule has 0 aliphatic rings. The Morgan fingerprint density at radius 3 is 2.70 bits per heavy atom. The van der Waals surface area contributed by atoms with E-state index < -0.39 is 17.7 Å². The zero-order valence-corrected chi connectivity index (χ0v) is 11.7. The summed E-state index contributed by atoms with van der Waals surface area (Å²) in [6, 6.07) is 4.91. The van der Waals surface area contributed by atoms with Crippen LogP contribution in [0, 0.1) is 11.6 Å². The van der Waals surface area contributed by atoms with Gasteiger partial charge in [0.15, 0.2) is 11.6 Å². The summed E-state index contributed by atoms with van der Waals surface area (Å²) in [5.74, 6) is 3.64. The summed E-state index contributed by atoms with van der Waals surface area (Å²) >= 11 is 11.8. The van der Waals surface area contributed by atoms with Gasteiger partial charge in [-0.3, -0.25) is 16.3 Å². The maximum atomic E-state index is 13.7. The number of nitrogens with one attached hydrogen (secondary N) is 1. The molecule has 1 atom stereocenters. The number of pyridine rings is 1.